The maximum absolute atomic E-state index is 12.9. The van der Waals surface area contributed by atoms with E-state index in [0.29, 0.717) is 24.6 Å². The summed E-state index contributed by atoms with van der Waals surface area (Å²) in [6.45, 7) is 6.99. The van der Waals surface area contributed by atoms with E-state index in [-0.39, 0.29) is 24.0 Å². The summed E-state index contributed by atoms with van der Waals surface area (Å²) in [5, 5.41) is 16.1. The quantitative estimate of drug-likeness (QED) is 0.607. The van der Waals surface area contributed by atoms with Crippen LogP contribution in [0.15, 0.2) is 30.5 Å². The molecule has 2 N–H and O–H groups in total. The van der Waals surface area contributed by atoms with E-state index in [4.69, 9.17) is 14.5 Å². The standard InChI is InChI=1S/C23H25N7O3/c1-4-30-16-8-6-5-7-15(16)27-20(30)14(9-24)18-12(2)10-26-23(28-18)29-21(31)19-17-11-25-13(3)22(32-17)33-19/h5-8,10,13-14,17,19,22,25H,4,11H2,1-3H3,(H,26,28,29,31)/t13-,14?,17+,19-,22+/m1/s1. The van der Waals surface area contributed by atoms with Crippen molar-refractivity contribution in [1.82, 2.24) is 24.8 Å². The number of carbonyl (C=O) groups is 1. The number of nitrogens with one attached hydrogen (secondary N) is 2. The average molecular weight is 447 g/mol. The van der Waals surface area contributed by atoms with Crippen molar-refractivity contribution in [3.05, 3.63) is 47.5 Å². The number of carbonyl (C=O) groups excluding carboxylic acids is 1. The average Bonchev–Trinajstić information content (AvgIpc) is 3.37. The van der Waals surface area contributed by atoms with Crippen LogP contribution in [-0.4, -0.2) is 56.5 Å². The van der Waals surface area contributed by atoms with E-state index < -0.39 is 18.3 Å². The van der Waals surface area contributed by atoms with Crippen molar-refractivity contribution in [2.45, 2.75) is 57.8 Å². The molecule has 2 fully saturated rings. The molecule has 10 heteroatoms. The molecule has 2 saturated heterocycles. The van der Waals surface area contributed by atoms with Gasteiger partial charge in [-0.25, -0.2) is 15.0 Å². The van der Waals surface area contributed by atoms with Gasteiger partial charge in [0, 0.05) is 19.3 Å². The van der Waals surface area contributed by atoms with E-state index in [1.54, 1.807) is 6.20 Å². The number of anilines is 1. The van der Waals surface area contributed by atoms with Gasteiger partial charge in [0.25, 0.3) is 5.91 Å². The van der Waals surface area contributed by atoms with Crippen LogP contribution in [0.1, 0.15) is 36.8 Å². The molecule has 1 aromatic carbocycles. The molecule has 5 rings (SSSR count). The van der Waals surface area contributed by atoms with E-state index in [2.05, 4.69) is 26.7 Å². The zero-order valence-corrected chi connectivity index (χ0v) is 18.6. The van der Waals surface area contributed by atoms with Crippen LogP contribution >= 0.6 is 0 Å². The molecular formula is C23H25N7O3. The topological polar surface area (TPSA) is 127 Å². The largest absolute Gasteiger partial charge is 0.343 e. The summed E-state index contributed by atoms with van der Waals surface area (Å²) in [5.41, 5.74) is 3.03. The second-order valence-corrected chi connectivity index (χ2v) is 8.31. The molecule has 2 bridgehead atoms. The maximum atomic E-state index is 12.9. The van der Waals surface area contributed by atoms with Crippen LogP contribution in [0, 0.1) is 18.3 Å². The molecule has 1 amide bonds. The predicted octanol–water partition coefficient (Wildman–Crippen LogP) is 1.85. The van der Waals surface area contributed by atoms with Crippen molar-refractivity contribution < 1.29 is 14.3 Å². The third-order valence-electron chi connectivity index (χ3n) is 6.14. The molecule has 2 aliphatic heterocycles. The first-order valence-corrected chi connectivity index (χ1v) is 11.0. The number of para-hydroxylation sites is 2. The second kappa shape index (κ2) is 8.51. The van der Waals surface area contributed by atoms with Crippen molar-refractivity contribution >= 4 is 22.9 Å². The van der Waals surface area contributed by atoms with Crippen molar-refractivity contribution in [2.24, 2.45) is 0 Å². The monoisotopic (exact) mass is 447 g/mol. The molecule has 5 atom stereocenters. The van der Waals surface area contributed by atoms with Gasteiger partial charge in [0.2, 0.25) is 5.95 Å². The molecule has 0 radical (unpaired) electrons. The van der Waals surface area contributed by atoms with Gasteiger partial charge < -0.3 is 19.4 Å². The first-order chi connectivity index (χ1) is 16.0. The van der Waals surface area contributed by atoms with Gasteiger partial charge in [0.15, 0.2) is 12.4 Å². The molecule has 2 aliphatic rings. The van der Waals surface area contributed by atoms with Gasteiger partial charge in [0.1, 0.15) is 17.8 Å². The van der Waals surface area contributed by atoms with Gasteiger partial charge in [-0.15, -0.1) is 0 Å². The summed E-state index contributed by atoms with van der Waals surface area (Å²) in [6.07, 6.45) is 0.0261. The van der Waals surface area contributed by atoms with Gasteiger partial charge in [-0.05, 0) is 38.5 Å². The Balaban J connectivity index is 1.44. The molecule has 0 aliphatic carbocycles. The number of ether oxygens (including phenoxy) is 2. The van der Waals surface area contributed by atoms with Crippen molar-refractivity contribution in [3.8, 4) is 6.07 Å². The van der Waals surface area contributed by atoms with Crippen LogP contribution in [0.4, 0.5) is 5.95 Å². The maximum Gasteiger partial charge on any atom is 0.258 e. The molecule has 10 nitrogen and oxygen atoms in total. The van der Waals surface area contributed by atoms with E-state index in [9.17, 15) is 10.1 Å². The Morgan fingerprint density at radius 3 is 2.94 bits per heavy atom. The fraction of sp³-hybridized carbons (Fsp3) is 0.435. The van der Waals surface area contributed by atoms with Gasteiger partial charge in [-0.1, -0.05) is 12.1 Å². The molecule has 4 heterocycles. The van der Waals surface area contributed by atoms with E-state index in [1.807, 2.05) is 49.6 Å². The number of amides is 1. The van der Waals surface area contributed by atoms with Crippen LogP contribution in [0.25, 0.3) is 11.0 Å². The Bertz CT molecular complexity index is 1250. The normalized spacial score (nSPS) is 25.0. The number of benzene rings is 1. The summed E-state index contributed by atoms with van der Waals surface area (Å²) in [5.74, 6) is -0.360. The lowest BCUT2D eigenvalue weighted by Crippen LogP contribution is -2.48. The number of rotatable bonds is 5. The van der Waals surface area contributed by atoms with Crippen molar-refractivity contribution in [2.75, 3.05) is 11.9 Å². The minimum absolute atomic E-state index is 0.00971. The van der Waals surface area contributed by atoms with Crippen molar-refractivity contribution in [1.29, 1.82) is 5.26 Å². The van der Waals surface area contributed by atoms with Crippen LogP contribution < -0.4 is 10.6 Å². The van der Waals surface area contributed by atoms with E-state index in [0.717, 1.165) is 16.6 Å². The van der Waals surface area contributed by atoms with Crippen molar-refractivity contribution in [3.63, 3.8) is 0 Å². The second-order valence-electron chi connectivity index (χ2n) is 8.31. The number of aromatic nitrogens is 4. The molecule has 0 saturated carbocycles. The zero-order valence-electron chi connectivity index (χ0n) is 18.6. The number of hydrogen-bond acceptors (Lipinski definition) is 8. The predicted molar refractivity (Wildman–Crippen MR) is 119 cm³/mol. The number of hydrogen-bond donors (Lipinski definition) is 2. The number of nitriles is 1. The van der Waals surface area contributed by atoms with E-state index in [1.165, 1.54) is 0 Å². The summed E-state index contributed by atoms with van der Waals surface area (Å²) >= 11 is 0. The summed E-state index contributed by atoms with van der Waals surface area (Å²) < 4.78 is 13.5. The number of fused-ring (bicyclic) bond motifs is 3. The summed E-state index contributed by atoms with van der Waals surface area (Å²) in [4.78, 5) is 26.4. The molecule has 33 heavy (non-hydrogen) atoms. The summed E-state index contributed by atoms with van der Waals surface area (Å²) in [6, 6.07) is 10.1. The van der Waals surface area contributed by atoms with Crippen LogP contribution in [0.5, 0.6) is 0 Å². The smallest absolute Gasteiger partial charge is 0.258 e. The van der Waals surface area contributed by atoms with Crippen LogP contribution in [-0.2, 0) is 20.8 Å². The molecule has 1 unspecified atom stereocenters. The molecule has 2 aromatic heterocycles. The minimum Gasteiger partial charge on any atom is -0.343 e. The Labute approximate surface area is 190 Å². The number of nitrogens with zero attached hydrogens (tertiary/aromatic N) is 5. The van der Waals surface area contributed by atoms with Gasteiger partial charge in [0.05, 0.1) is 28.8 Å². The Hall–Kier alpha value is -3.39. The van der Waals surface area contributed by atoms with Crippen LogP contribution in [0.2, 0.25) is 0 Å². The lowest BCUT2D eigenvalue weighted by Gasteiger charge is -2.25. The third-order valence-corrected chi connectivity index (χ3v) is 6.14. The SMILES string of the molecule is CCn1c(C(C#N)c2nc(NC(=O)[C@@H]3O[C@@H]4O[C@H]3CN[C@@H]4C)ncc2C)nc2ccccc21. The van der Waals surface area contributed by atoms with Gasteiger partial charge >= 0.3 is 0 Å². The van der Waals surface area contributed by atoms with E-state index >= 15 is 0 Å². The molecular weight excluding hydrogens is 422 g/mol. The molecule has 170 valence electrons. The first-order valence-electron chi connectivity index (χ1n) is 11.0. The van der Waals surface area contributed by atoms with Gasteiger partial charge in [-0.2, -0.15) is 5.26 Å². The fourth-order valence-corrected chi connectivity index (χ4v) is 4.40. The lowest BCUT2D eigenvalue weighted by atomic mass is 10.0. The number of morpholine rings is 1. The first kappa shape index (κ1) is 21.5. The summed E-state index contributed by atoms with van der Waals surface area (Å²) in [7, 11) is 0. The third kappa shape index (κ3) is 3.74. The number of imidazole rings is 1. The van der Waals surface area contributed by atoms with Gasteiger partial charge in [-0.3, -0.25) is 10.1 Å². The minimum atomic E-state index is -0.753. The Morgan fingerprint density at radius 2 is 2.18 bits per heavy atom. The Morgan fingerprint density at radius 1 is 1.36 bits per heavy atom. The highest BCUT2D eigenvalue weighted by atomic mass is 16.7. The number of aryl methyl sites for hydroxylation is 2. The fourth-order valence-electron chi connectivity index (χ4n) is 4.40. The van der Waals surface area contributed by atoms with Crippen LogP contribution in [0.3, 0.4) is 0 Å². The molecule has 0 spiro atoms. The zero-order chi connectivity index (χ0) is 23.1. The highest BCUT2D eigenvalue weighted by molar-refractivity contribution is 5.93. The highest BCUT2D eigenvalue weighted by Gasteiger charge is 2.46. The highest BCUT2D eigenvalue weighted by Crippen LogP contribution is 2.29. The Kier molecular flexibility index (Phi) is 5.54. The lowest BCUT2D eigenvalue weighted by molar-refractivity contribution is -0.130. The molecule has 3 aromatic rings.